The van der Waals surface area contributed by atoms with Crippen LogP contribution in [0.4, 0.5) is 4.39 Å². The van der Waals surface area contributed by atoms with Gasteiger partial charge in [-0.2, -0.15) is 0 Å². The molecule has 0 bridgehead atoms. The lowest BCUT2D eigenvalue weighted by Gasteiger charge is -2.21. The minimum atomic E-state index is -3.70. The molecule has 0 aromatic heterocycles. The number of aliphatic hydroxyl groups excluding tert-OH is 1. The summed E-state index contributed by atoms with van der Waals surface area (Å²) in [5.41, 5.74) is 0.0245. The maximum absolute atomic E-state index is 13.6. The minimum absolute atomic E-state index is 0.0245. The molecule has 20 heavy (non-hydrogen) atoms. The van der Waals surface area contributed by atoms with Gasteiger partial charge in [0.05, 0.1) is 5.75 Å². The average Bonchev–Trinajstić information content (AvgIpc) is 2.32. The summed E-state index contributed by atoms with van der Waals surface area (Å²) in [4.78, 5) is 0. The number of sulfonamides is 1. The van der Waals surface area contributed by atoms with E-state index in [9.17, 15) is 12.8 Å². The first-order valence-electron chi connectivity index (χ1n) is 6.30. The summed E-state index contributed by atoms with van der Waals surface area (Å²) in [5, 5.41) is 9.22. The Balaban J connectivity index is 2.86. The Morgan fingerprint density at radius 2 is 2.05 bits per heavy atom. The van der Waals surface area contributed by atoms with Crippen LogP contribution in [0.5, 0.6) is 0 Å². The van der Waals surface area contributed by atoms with E-state index < -0.39 is 21.6 Å². The Bertz CT molecular complexity index is 549. The van der Waals surface area contributed by atoms with Gasteiger partial charge in [-0.3, -0.25) is 0 Å². The Hall–Kier alpha value is -0.690. The predicted octanol–water partition coefficient (Wildman–Crippen LogP) is 2.31. The lowest BCUT2D eigenvalue weighted by atomic mass is 10.0. The fourth-order valence-corrected chi connectivity index (χ4v) is 3.56. The Kier molecular flexibility index (Phi) is 6.39. The molecule has 4 nitrogen and oxygen atoms in total. The van der Waals surface area contributed by atoms with Crippen LogP contribution in [0.2, 0.25) is 5.02 Å². The molecule has 1 unspecified atom stereocenters. The largest absolute Gasteiger partial charge is 0.396 e. The molecule has 1 atom stereocenters. The summed E-state index contributed by atoms with van der Waals surface area (Å²) in [7, 11) is -3.70. The van der Waals surface area contributed by atoms with Crippen LogP contribution in [0.25, 0.3) is 0 Å². The number of aliphatic hydroxyl groups is 1. The molecule has 0 amide bonds. The predicted molar refractivity (Wildman–Crippen MR) is 77.5 cm³/mol. The van der Waals surface area contributed by atoms with Crippen molar-refractivity contribution in [3.05, 3.63) is 34.6 Å². The third-order valence-electron chi connectivity index (χ3n) is 2.93. The van der Waals surface area contributed by atoms with E-state index >= 15 is 0 Å². The molecule has 114 valence electrons. The monoisotopic (exact) mass is 323 g/mol. The first-order valence-corrected chi connectivity index (χ1v) is 8.33. The Labute approximate surface area is 124 Å². The maximum atomic E-state index is 13.6. The molecular formula is C13H19ClFNO3S. The summed E-state index contributed by atoms with van der Waals surface area (Å²) in [6.07, 6.45) is 0.314. The topological polar surface area (TPSA) is 66.4 Å². The molecule has 0 spiro atoms. The van der Waals surface area contributed by atoms with Gasteiger partial charge in [0, 0.05) is 23.2 Å². The standard InChI is InChI=1S/C13H19ClFNO3S/c1-9(2)13(5-6-17)16-20(18,19)8-10-7-11(14)3-4-12(10)15/h3-4,7,9,13,16-17H,5-6,8H2,1-2H3. The average molecular weight is 324 g/mol. The van der Waals surface area contributed by atoms with Gasteiger partial charge in [0.1, 0.15) is 5.82 Å². The molecule has 1 rings (SSSR count). The van der Waals surface area contributed by atoms with E-state index in [1.165, 1.54) is 12.1 Å². The number of rotatable bonds is 7. The molecule has 0 aliphatic heterocycles. The molecule has 0 heterocycles. The summed E-state index contributed by atoms with van der Waals surface area (Å²) < 4.78 is 40.1. The van der Waals surface area contributed by atoms with Crippen molar-refractivity contribution < 1.29 is 17.9 Å². The quantitative estimate of drug-likeness (QED) is 0.809. The van der Waals surface area contributed by atoms with Crippen molar-refractivity contribution in [3.63, 3.8) is 0 Å². The first kappa shape index (κ1) is 17.4. The zero-order chi connectivity index (χ0) is 15.3. The number of nitrogens with one attached hydrogen (secondary N) is 1. The summed E-state index contributed by atoms with van der Waals surface area (Å²) in [6, 6.07) is 3.42. The van der Waals surface area contributed by atoms with Crippen molar-refractivity contribution >= 4 is 21.6 Å². The Morgan fingerprint density at radius 1 is 1.40 bits per heavy atom. The lowest BCUT2D eigenvalue weighted by Crippen LogP contribution is -2.39. The fourth-order valence-electron chi connectivity index (χ4n) is 1.80. The second-order valence-corrected chi connectivity index (χ2v) is 7.17. The van der Waals surface area contributed by atoms with Crippen molar-refractivity contribution in [2.75, 3.05) is 6.61 Å². The van der Waals surface area contributed by atoms with Crippen LogP contribution in [0, 0.1) is 11.7 Å². The van der Waals surface area contributed by atoms with Gasteiger partial charge in [-0.25, -0.2) is 17.5 Å². The van der Waals surface area contributed by atoms with Crippen molar-refractivity contribution in [2.45, 2.75) is 32.1 Å². The van der Waals surface area contributed by atoms with Crippen LogP contribution in [-0.2, 0) is 15.8 Å². The van der Waals surface area contributed by atoms with Gasteiger partial charge in [-0.05, 0) is 30.5 Å². The van der Waals surface area contributed by atoms with Crippen molar-refractivity contribution in [3.8, 4) is 0 Å². The van der Waals surface area contributed by atoms with Crippen LogP contribution < -0.4 is 4.72 Å². The normalized spacial score (nSPS) is 13.7. The van der Waals surface area contributed by atoms with E-state index in [0.717, 1.165) is 6.07 Å². The van der Waals surface area contributed by atoms with E-state index in [2.05, 4.69) is 4.72 Å². The molecule has 2 N–H and O–H groups in total. The summed E-state index contributed by atoms with van der Waals surface area (Å²) >= 11 is 5.74. The third-order valence-corrected chi connectivity index (χ3v) is 4.52. The van der Waals surface area contributed by atoms with Crippen molar-refractivity contribution in [1.82, 2.24) is 4.72 Å². The lowest BCUT2D eigenvalue weighted by molar-refractivity contribution is 0.256. The molecule has 1 aromatic carbocycles. The van der Waals surface area contributed by atoms with E-state index in [-0.39, 0.29) is 29.2 Å². The maximum Gasteiger partial charge on any atom is 0.216 e. The second-order valence-electron chi connectivity index (χ2n) is 4.98. The van der Waals surface area contributed by atoms with Crippen LogP contribution in [0.1, 0.15) is 25.8 Å². The molecule has 0 aliphatic carbocycles. The molecule has 1 aromatic rings. The Morgan fingerprint density at radius 3 is 2.60 bits per heavy atom. The molecule has 0 saturated heterocycles. The zero-order valence-corrected chi connectivity index (χ0v) is 13.0. The highest BCUT2D eigenvalue weighted by Crippen LogP contribution is 2.18. The van der Waals surface area contributed by atoms with Gasteiger partial charge in [0.25, 0.3) is 0 Å². The minimum Gasteiger partial charge on any atom is -0.396 e. The highest BCUT2D eigenvalue weighted by molar-refractivity contribution is 7.88. The molecule has 0 fully saturated rings. The number of benzene rings is 1. The molecule has 0 saturated carbocycles. The fraction of sp³-hybridized carbons (Fsp3) is 0.538. The SMILES string of the molecule is CC(C)C(CCO)NS(=O)(=O)Cc1cc(Cl)ccc1F. The van der Waals surface area contributed by atoms with Gasteiger partial charge < -0.3 is 5.11 Å². The van der Waals surface area contributed by atoms with Gasteiger partial charge in [0.15, 0.2) is 0 Å². The van der Waals surface area contributed by atoms with Gasteiger partial charge in [-0.1, -0.05) is 25.4 Å². The molecule has 0 aliphatic rings. The van der Waals surface area contributed by atoms with Crippen molar-refractivity contribution in [2.24, 2.45) is 5.92 Å². The van der Waals surface area contributed by atoms with Gasteiger partial charge in [0.2, 0.25) is 10.0 Å². The molecule has 7 heteroatoms. The number of halogens is 2. The van der Waals surface area contributed by atoms with Crippen LogP contribution in [-0.4, -0.2) is 26.2 Å². The van der Waals surface area contributed by atoms with Crippen LogP contribution in [0.15, 0.2) is 18.2 Å². The molecule has 0 radical (unpaired) electrons. The highest BCUT2D eigenvalue weighted by Gasteiger charge is 2.22. The van der Waals surface area contributed by atoms with Gasteiger partial charge >= 0.3 is 0 Å². The third kappa shape index (κ3) is 5.36. The van der Waals surface area contributed by atoms with Crippen molar-refractivity contribution in [1.29, 1.82) is 0 Å². The smallest absolute Gasteiger partial charge is 0.216 e. The summed E-state index contributed by atoms with van der Waals surface area (Å²) in [6.45, 7) is 3.59. The van der Waals surface area contributed by atoms with E-state index in [1.807, 2.05) is 13.8 Å². The highest BCUT2D eigenvalue weighted by atomic mass is 35.5. The zero-order valence-electron chi connectivity index (χ0n) is 11.4. The van der Waals surface area contributed by atoms with Crippen LogP contribution in [0.3, 0.4) is 0 Å². The van der Waals surface area contributed by atoms with E-state index in [0.29, 0.717) is 6.42 Å². The molecular weight excluding hydrogens is 305 g/mol. The summed E-state index contributed by atoms with van der Waals surface area (Å²) in [5.74, 6) is -1.06. The van der Waals surface area contributed by atoms with E-state index in [1.54, 1.807) is 0 Å². The number of hydrogen-bond acceptors (Lipinski definition) is 3. The van der Waals surface area contributed by atoms with Gasteiger partial charge in [-0.15, -0.1) is 0 Å². The second kappa shape index (κ2) is 7.36. The first-order chi connectivity index (χ1) is 9.25. The van der Waals surface area contributed by atoms with E-state index in [4.69, 9.17) is 16.7 Å². The van der Waals surface area contributed by atoms with Crippen LogP contribution >= 0.6 is 11.6 Å². The number of hydrogen-bond donors (Lipinski definition) is 2.